The lowest BCUT2D eigenvalue weighted by Gasteiger charge is -2.43. The molecule has 84 valence electrons. The van der Waals surface area contributed by atoms with Crippen molar-refractivity contribution in [2.24, 2.45) is 16.9 Å². The average Bonchev–Trinajstić information content (AvgIpc) is 2.18. The zero-order chi connectivity index (χ0) is 10.7. The van der Waals surface area contributed by atoms with E-state index in [1.165, 1.54) is 38.5 Å². The second kappa shape index (κ2) is 4.63. The second-order valence-electron chi connectivity index (χ2n) is 5.19. The van der Waals surface area contributed by atoms with Gasteiger partial charge in [0.25, 0.3) is 0 Å². The lowest BCUT2D eigenvalue weighted by Crippen LogP contribution is -2.53. The molecular formula is C12H26N2. The summed E-state index contributed by atoms with van der Waals surface area (Å²) in [5, 5.41) is 0. The first-order chi connectivity index (χ1) is 6.54. The molecule has 4 N–H and O–H groups in total. The molecule has 0 bridgehead atoms. The summed E-state index contributed by atoms with van der Waals surface area (Å²) in [5.41, 5.74) is 12.1. The van der Waals surface area contributed by atoms with Gasteiger partial charge in [-0.15, -0.1) is 0 Å². The zero-order valence-electron chi connectivity index (χ0n) is 9.81. The van der Waals surface area contributed by atoms with Crippen molar-refractivity contribution in [1.29, 1.82) is 0 Å². The maximum absolute atomic E-state index is 5.96. The first kappa shape index (κ1) is 12.0. The Morgan fingerprint density at radius 3 is 2.00 bits per heavy atom. The van der Waals surface area contributed by atoms with Crippen LogP contribution in [0.1, 0.15) is 65.2 Å². The number of nitrogens with two attached hydrogens (primary N) is 2. The van der Waals surface area contributed by atoms with Gasteiger partial charge in [-0.1, -0.05) is 33.1 Å². The summed E-state index contributed by atoms with van der Waals surface area (Å²) in [6, 6.07) is 0. The molecule has 0 aromatic heterocycles. The third-order valence-corrected chi connectivity index (χ3v) is 4.05. The Labute approximate surface area is 88.4 Å². The molecule has 0 radical (unpaired) electrons. The van der Waals surface area contributed by atoms with E-state index in [2.05, 4.69) is 13.8 Å². The molecule has 1 fully saturated rings. The van der Waals surface area contributed by atoms with Gasteiger partial charge >= 0.3 is 0 Å². The quantitative estimate of drug-likeness (QED) is 0.682. The Morgan fingerprint density at radius 2 is 1.57 bits per heavy atom. The topological polar surface area (TPSA) is 52.0 Å². The van der Waals surface area contributed by atoms with Crippen LogP contribution in [0.2, 0.25) is 0 Å². The fourth-order valence-electron chi connectivity index (χ4n) is 2.58. The first-order valence-electron chi connectivity index (χ1n) is 6.11. The molecule has 14 heavy (non-hydrogen) atoms. The number of hydrogen-bond donors (Lipinski definition) is 2. The van der Waals surface area contributed by atoms with Crippen LogP contribution in [0.3, 0.4) is 0 Å². The van der Waals surface area contributed by atoms with Crippen molar-refractivity contribution in [3.05, 3.63) is 0 Å². The van der Waals surface area contributed by atoms with E-state index in [1.54, 1.807) is 0 Å². The fourth-order valence-corrected chi connectivity index (χ4v) is 2.58. The maximum Gasteiger partial charge on any atom is 0.0637 e. The van der Waals surface area contributed by atoms with E-state index in [9.17, 15) is 0 Å². The highest BCUT2D eigenvalue weighted by atomic mass is 15.0. The van der Waals surface area contributed by atoms with Crippen LogP contribution >= 0.6 is 0 Å². The summed E-state index contributed by atoms with van der Waals surface area (Å²) in [5.74, 6) is 0. The first-order valence-corrected chi connectivity index (χ1v) is 6.11. The minimum Gasteiger partial charge on any atom is -0.313 e. The van der Waals surface area contributed by atoms with Crippen LogP contribution in [0.25, 0.3) is 0 Å². The molecule has 0 amide bonds. The van der Waals surface area contributed by atoms with Crippen LogP contribution in [-0.4, -0.2) is 5.66 Å². The van der Waals surface area contributed by atoms with Gasteiger partial charge in [0.1, 0.15) is 0 Å². The second-order valence-corrected chi connectivity index (χ2v) is 5.19. The molecule has 0 saturated heterocycles. The molecule has 0 unspecified atom stereocenters. The maximum atomic E-state index is 5.96. The van der Waals surface area contributed by atoms with Crippen molar-refractivity contribution in [2.45, 2.75) is 70.9 Å². The summed E-state index contributed by atoms with van der Waals surface area (Å²) >= 11 is 0. The zero-order valence-corrected chi connectivity index (χ0v) is 9.81. The number of hydrogen-bond acceptors (Lipinski definition) is 2. The van der Waals surface area contributed by atoms with Crippen LogP contribution in [0.4, 0.5) is 0 Å². The molecule has 0 heterocycles. The highest BCUT2D eigenvalue weighted by Crippen LogP contribution is 2.44. The monoisotopic (exact) mass is 198 g/mol. The van der Waals surface area contributed by atoms with E-state index < -0.39 is 0 Å². The highest BCUT2D eigenvalue weighted by molar-refractivity contribution is 4.91. The SMILES string of the molecule is CCCCC1(CC)CCC(N)(N)CC1. The van der Waals surface area contributed by atoms with Crippen LogP contribution in [0, 0.1) is 5.41 Å². The van der Waals surface area contributed by atoms with E-state index in [1.807, 2.05) is 0 Å². The van der Waals surface area contributed by atoms with Gasteiger partial charge in [-0.05, 0) is 37.5 Å². The van der Waals surface area contributed by atoms with Crippen molar-refractivity contribution >= 4 is 0 Å². The predicted octanol–water partition coefficient (Wildman–Crippen LogP) is 2.76. The molecule has 0 spiro atoms. The summed E-state index contributed by atoms with van der Waals surface area (Å²) in [7, 11) is 0. The van der Waals surface area contributed by atoms with Gasteiger partial charge in [-0.3, -0.25) is 0 Å². The standard InChI is InChI=1S/C12H26N2/c1-3-5-6-11(4-2)7-9-12(13,14)10-8-11/h3-10,13-14H2,1-2H3. The van der Waals surface area contributed by atoms with Crippen molar-refractivity contribution < 1.29 is 0 Å². The normalized spacial score (nSPS) is 24.9. The Bertz CT molecular complexity index is 165. The van der Waals surface area contributed by atoms with Crippen LogP contribution in [-0.2, 0) is 0 Å². The van der Waals surface area contributed by atoms with Crippen molar-refractivity contribution in [3.63, 3.8) is 0 Å². The fraction of sp³-hybridized carbons (Fsp3) is 1.00. The van der Waals surface area contributed by atoms with E-state index >= 15 is 0 Å². The molecule has 0 atom stereocenters. The van der Waals surface area contributed by atoms with E-state index in [-0.39, 0.29) is 5.66 Å². The molecule has 0 aromatic carbocycles. The van der Waals surface area contributed by atoms with Gasteiger partial charge in [0.2, 0.25) is 0 Å². The van der Waals surface area contributed by atoms with E-state index in [0.717, 1.165) is 12.8 Å². The highest BCUT2D eigenvalue weighted by Gasteiger charge is 2.36. The summed E-state index contributed by atoms with van der Waals surface area (Å²) in [6.45, 7) is 4.58. The van der Waals surface area contributed by atoms with Crippen molar-refractivity contribution in [3.8, 4) is 0 Å². The molecule has 0 aliphatic heterocycles. The van der Waals surface area contributed by atoms with Crippen molar-refractivity contribution in [2.75, 3.05) is 0 Å². The van der Waals surface area contributed by atoms with Crippen LogP contribution < -0.4 is 11.5 Å². The van der Waals surface area contributed by atoms with Gasteiger partial charge < -0.3 is 11.5 Å². The number of rotatable bonds is 4. The molecule has 1 aliphatic carbocycles. The molecule has 2 heteroatoms. The van der Waals surface area contributed by atoms with Crippen LogP contribution in [0.5, 0.6) is 0 Å². The summed E-state index contributed by atoms with van der Waals surface area (Å²) < 4.78 is 0. The lowest BCUT2D eigenvalue weighted by molar-refractivity contribution is 0.112. The van der Waals surface area contributed by atoms with Gasteiger partial charge in [0.05, 0.1) is 5.66 Å². The van der Waals surface area contributed by atoms with Crippen molar-refractivity contribution in [1.82, 2.24) is 0 Å². The molecule has 0 aromatic rings. The van der Waals surface area contributed by atoms with Gasteiger partial charge in [0.15, 0.2) is 0 Å². The van der Waals surface area contributed by atoms with Gasteiger partial charge in [0, 0.05) is 0 Å². The Kier molecular flexibility index (Phi) is 3.96. The lowest BCUT2D eigenvalue weighted by atomic mass is 9.66. The molecule has 1 saturated carbocycles. The minimum atomic E-state index is -0.370. The summed E-state index contributed by atoms with van der Waals surface area (Å²) in [6.07, 6.45) is 9.80. The Morgan fingerprint density at radius 1 is 1.00 bits per heavy atom. The smallest absolute Gasteiger partial charge is 0.0637 e. The average molecular weight is 198 g/mol. The predicted molar refractivity (Wildman–Crippen MR) is 61.8 cm³/mol. The Hall–Kier alpha value is -0.0800. The third-order valence-electron chi connectivity index (χ3n) is 4.05. The van der Waals surface area contributed by atoms with E-state index in [4.69, 9.17) is 11.5 Å². The van der Waals surface area contributed by atoms with E-state index in [0.29, 0.717) is 5.41 Å². The minimum absolute atomic E-state index is 0.370. The number of unbranched alkanes of at least 4 members (excludes halogenated alkanes) is 1. The Balaban J connectivity index is 2.48. The third kappa shape index (κ3) is 2.96. The molecule has 2 nitrogen and oxygen atoms in total. The van der Waals surface area contributed by atoms with Gasteiger partial charge in [-0.2, -0.15) is 0 Å². The molecular weight excluding hydrogens is 172 g/mol. The van der Waals surface area contributed by atoms with Gasteiger partial charge in [-0.25, -0.2) is 0 Å². The molecule has 1 rings (SSSR count). The van der Waals surface area contributed by atoms with Crippen LogP contribution in [0.15, 0.2) is 0 Å². The summed E-state index contributed by atoms with van der Waals surface area (Å²) in [4.78, 5) is 0. The molecule has 1 aliphatic rings. The largest absolute Gasteiger partial charge is 0.313 e.